The summed E-state index contributed by atoms with van der Waals surface area (Å²) in [6.07, 6.45) is 8.62. The van der Waals surface area contributed by atoms with Crippen molar-refractivity contribution in [1.29, 1.82) is 0 Å². The molecule has 4 atom stereocenters. The second kappa shape index (κ2) is 4.69. The van der Waals surface area contributed by atoms with Gasteiger partial charge in [-0.05, 0) is 63.8 Å². The van der Waals surface area contributed by atoms with Crippen LogP contribution in [0, 0.1) is 17.8 Å². The predicted octanol–water partition coefficient (Wildman–Crippen LogP) is 3.37. The molecule has 0 radical (unpaired) electrons. The molecule has 2 fully saturated rings. The van der Waals surface area contributed by atoms with Crippen molar-refractivity contribution >= 4 is 0 Å². The minimum absolute atomic E-state index is 0.673. The van der Waals surface area contributed by atoms with E-state index in [9.17, 15) is 0 Å². The molecule has 0 aromatic carbocycles. The van der Waals surface area contributed by atoms with Crippen LogP contribution in [0.15, 0.2) is 12.2 Å². The van der Waals surface area contributed by atoms with Crippen LogP contribution in [0.4, 0.5) is 0 Å². The van der Waals surface area contributed by atoms with Crippen molar-refractivity contribution < 1.29 is 0 Å². The van der Waals surface area contributed by atoms with Gasteiger partial charge in [0.05, 0.1) is 0 Å². The highest BCUT2D eigenvalue weighted by atomic mass is 14.9. The van der Waals surface area contributed by atoms with Gasteiger partial charge in [-0.3, -0.25) is 0 Å². The zero-order valence-corrected chi connectivity index (χ0v) is 10.3. The third-order valence-electron chi connectivity index (χ3n) is 4.47. The van der Waals surface area contributed by atoms with Gasteiger partial charge in [0.25, 0.3) is 0 Å². The predicted molar refractivity (Wildman–Crippen MR) is 65.8 cm³/mol. The topological polar surface area (TPSA) is 12.0 Å². The molecule has 86 valence electrons. The molecule has 2 rings (SSSR count). The highest BCUT2D eigenvalue weighted by Crippen LogP contribution is 2.50. The van der Waals surface area contributed by atoms with Gasteiger partial charge in [-0.2, -0.15) is 0 Å². The van der Waals surface area contributed by atoms with Crippen LogP contribution in [-0.4, -0.2) is 13.1 Å². The van der Waals surface area contributed by atoms with Crippen LogP contribution in [0.2, 0.25) is 0 Å². The zero-order valence-electron chi connectivity index (χ0n) is 10.3. The molecule has 2 aliphatic rings. The largest absolute Gasteiger partial charge is 0.317 e. The van der Waals surface area contributed by atoms with E-state index >= 15 is 0 Å². The van der Waals surface area contributed by atoms with E-state index in [-0.39, 0.29) is 0 Å². The number of fused-ring (bicyclic) bond motifs is 2. The number of rotatable bonds is 5. The first-order chi connectivity index (χ1) is 7.19. The van der Waals surface area contributed by atoms with Crippen molar-refractivity contribution in [2.75, 3.05) is 7.05 Å². The van der Waals surface area contributed by atoms with Gasteiger partial charge in [0.1, 0.15) is 0 Å². The average molecular weight is 207 g/mol. The summed E-state index contributed by atoms with van der Waals surface area (Å²) in [6.45, 7) is 6.17. The summed E-state index contributed by atoms with van der Waals surface area (Å²) < 4.78 is 0. The summed E-state index contributed by atoms with van der Waals surface area (Å²) in [5, 5.41) is 3.46. The first-order valence-corrected chi connectivity index (χ1v) is 6.50. The minimum atomic E-state index is 0.673. The molecule has 0 heterocycles. The number of hydrogen-bond donors (Lipinski definition) is 1. The van der Waals surface area contributed by atoms with E-state index in [4.69, 9.17) is 0 Å². The second-order valence-corrected chi connectivity index (χ2v) is 5.82. The summed E-state index contributed by atoms with van der Waals surface area (Å²) in [5.41, 5.74) is 1.32. The van der Waals surface area contributed by atoms with Gasteiger partial charge in [0.15, 0.2) is 0 Å². The Morgan fingerprint density at radius 3 is 2.67 bits per heavy atom. The van der Waals surface area contributed by atoms with E-state index < -0.39 is 0 Å². The Hall–Kier alpha value is -0.300. The van der Waals surface area contributed by atoms with Gasteiger partial charge in [0, 0.05) is 6.04 Å². The van der Waals surface area contributed by atoms with Gasteiger partial charge in [-0.25, -0.2) is 0 Å². The molecule has 1 N–H and O–H groups in total. The van der Waals surface area contributed by atoms with Crippen molar-refractivity contribution in [1.82, 2.24) is 5.32 Å². The Morgan fingerprint density at radius 1 is 1.40 bits per heavy atom. The highest BCUT2D eigenvalue weighted by Gasteiger charge is 2.39. The summed E-state index contributed by atoms with van der Waals surface area (Å²) in [6, 6.07) is 0.673. The van der Waals surface area contributed by atoms with E-state index in [2.05, 4.69) is 25.9 Å². The lowest BCUT2D eigenvalue weighted by atomic mass is 9.83. The Morgan fingerprint density at radius 2 is 2.20 bits per heavy atom. The van der Waals surface area contributed by atoms with Crippen LogP contribution in [-0.2, 0) is 0 Å². The maximum Gasteiger partial charge on any atom is 0.0104 e. The fourth-order valence-electron chi connectivity index (χ4n) is 3.75. The Labute approximate surface area is 94.3 Å². The molecule has 1 heteroatoms. The van der Waals surface area contributed by atoms with Gasteiger partial charge in [-0.1, -0.05) is 12.0 Å². The molecule has 0 aromatic heterocycles. The van der Waals surface area contributed by atoms with E-state index in [0.29, 0.717) is 6.04 Å². The molecular weight excluding hydrogens is 182 g/mol. The van der Waals surface area contributed by atoms with Crippen LogP contribution in [0.25, 0.3) is 0 Å². The maximum atomic E-state index is 4.03. The van der Waals surface area contributed by atoms with E-state index in [0.717, 1.165) is 24.2 Å². The van der Waals surface area contributed by atoms with Crippen molar-refractivity contribution in [3.63, 3.8) is 0 Å². The quantitative estimate of drug-likeness (QED) is 0.682. The molecule has 2 bridgehead atoms. The van der Waals surface area contributed by atoms with Crippen LogP contribution in [0.1, 0.15) is 45.4 Å². The molecule has 1 nitrogen and oxygen atoms in total. The molecule has 4 unspecified atom stereocenters. The summed E-state index contributed by atoms with van der Waals surface area (Å²) in [5.74, 6) is 3.17. The van der Waals surface area contributed by atoms with E-state index in [1.807, 2.05) is 0 Å². The zero-order chi connectivity index (χ0) is 10.8. The van der Waals surface area contributed by atoms with E-state index in [1.54, 1.807) is 0 Å². The standard InChI is InChI=1S/C14H25N/c1-10(2)6-14(15-3)9-13-8-11-4-5-12(13)7-11/h11-15H,1,4-9H2,2-3H3. The molecule has 0 amide bonds. The lowest BCUT2D eigenvalue weighted by molar-refractivity contribution is 0.281. The van der Waals surface area contributed by atoms with Gasteiger partial charge < -0.3 is 5.32 Å². The monoisotopic (exact) mass is 207 g/mol. The van der Waals surface area contributed by atoms with Gasteiger partial charge in [-0.15, -0.1) is 6.58 Å². The molecule has 2 aliphatic carbocycles. The maximum absolute atomic E-state index is 4.03. The Kier molecular flexibility index (Phi) is 3.50. The molecule has 15 heavy (non-hydrogen) atoms. The summed E-state index contributed by atoms with van der Waals surface area (Å²) in [4.78, 5) is 0. The molecule has 0 aliphatic heterocycles. The van der Waals surface area contributed by atoms with Crippen LogP contribution >= 0.6 is 0 Å². The highest BCUT2D eigenvalue weighted by molar-refractivity contribution is 4.96. The third-order valence-corrected chi connectivity index (χ3v) is 4.47. The van der Waals surface area contributed by atoms with Crippen molar-refractivity contribution in [2.24, 2.45) is 17.8 Å². The van der Waals surface area contributed by atoms with Crippen molar-refractivity contribution in [2.45, 2.75) is 51.5 Å². The smallest absolute Gasteiger partial charge is 0.0104 e. The van der Waals surface area contributed by atoms with Crippen LogP contribution < -0.4 is 5.32 Å². The number of hydrogen-bond acceptors (Lipinski definition) is 1. The third kappa shape index (κ3) is 2.63. The first kappa shape index (κ1) is 11.2. The second-order valence-electron chi connectivity index (χ2n) is 5.82. The molecule has 0 spiro atoms. The average Bonchev–Trinajstić information content (AvgIpc) is 2.77. The molecule has 0 aromatic rings. The normalized spacial score (nSPS) is 35.7. The van der Waals surface area contributed by atoms with Crippen LogP contribution in [0.5, 0.6) is 0 Å². The van der Waals surface area contributed by atoms with Gasteiger partial charge >= 0.3 is 0 Å². The number of nitrogens with one attached hydrogen (secondary N) is 1. The minimum Gasteiger partial charge on any atom is -0.317 e. The molecule has 0 saturated heterocycles. The molecule has 2 saturated carbocycles. The summed E-state index contributed by atoms with van der Waals surface area (Å²) in [7, 11) is 2.10. The first-order valence-electron chi connectivity index (χ1n) is 6.50. The van der Waals surface area contributed by atoms with E-state index in [1.165, 1.54) is 37.7 Å². The van der Waals surface area contributed by atoms with Gasteiger partial charge in [0.2, 0.25) is 0 Å². The molecular formula is C14H25N. The fourth-order valence-corrected chi connectivity index (χ4v) is 3.75. The van der Waals surface area contributed by atoms with Crippen LogP contribution in [0.3, 0.4) is 0 Å². The Bertz CT molecular complexity index is 233. The Balaban J connectivity index is 1.82. The van der Waals surface area contributed by atoms with Crippen molar-refractivity contribution in [3.8, 4) is 0 Å². The van der Waals surface area contributed by atoms with Crippen molar-refractivity contribution in [3.05, 3.63) is 12.2 Å². The lowest BCUT2D eigenvalue weighted by Crippen LogP contribution is -2.29. The SMILES string of the molecule is C=C(C)CC(CC1CC2CCC1C2)NC. The lowest BCUT2D eigenvalue weighted by Gasteiger charge is -2.26. The fraction of sp³-hybridized carbons (Fsp3) is 0.857. The summed E-state index contributed by atoms with van der Waals surface area (Å²) >= 11 is 0.